The fraction of sp³-hybridized carbons (Fsp3) is 0.529. The van der Waals surface area contributed by atoms with E-state index in [1.807, 2.05) is 13.0 Å². The molecule has 4 rings (SSSR count). The number of H-pyrrole nitrogens is 1. The molecule has 2 aliphatic rings. The molecule has 5 nitrogen and oxygen atoms in total. The van der Waals surface area contributed by atoms with Crippen molar-refractivity contribution in [3.63, 3.8) is 0 Å². The molecule has 0 radical (unpaired) electrons. The van der Waals surface area contributed by atoms with Gasteiger partial charge in [0.2, 0.25) is 0 Å². The lowest BCUT2D eigenvalue weighted by molar-refractivity contribution is 0.0686. The van der Waals surface area contributed by atoms with Gasteiger partial charge in [0.05, 0.1) is 0 Å². The van der Waals surface area contributed by atoms with Crippen LogP contribution < -0.4 is 5.32 Å². The maximum Gasteiger partial charge on any atom is 0.274 e. The first-order chi connectivity index (χ1) is 11.2. The first-order valence-corrected chi connectivity index (χ1v) is 9.17. The Balaban J connectivity index is 0.00000169. The minimum atomic E-state index is 0. The van der Waals surface area contributed by atoms with Gasteiger partial charge in [-0.05, 0) is 73.1 Å². The fourth-order valence-corrected chi connectivity index (χ4v) is 4.47. The summed E-state index contributed by atoms with van der Waals surface area (Å²) >= 11 is 1.68. The average molecular weight is 367 g/mol. The molecule has 1 aliphatic carbocycles. The molecule has 130 valence electrons. The van der Waals surface area contributed by atoms with Crippen LogP contribution in [0.5, 0.6) is 0 Å². The van der Waals surface area contributed by atoms with E-state index in [1.54, 1.807) is 11.3 Å². The Labute approximate surface area is 152 Å². The number of carbonyl (C=O) groups excluding carboxylic acids is 1. The van der Waals surface area contributed by atoms with E-state index in [9.17, 15) is 4.79 Å². The monoisotopic (exact) mass is 366 g/mol. The van der Waals surface area contributed by atoms with Crippen molar-refractivity contribution in [1.82, 2.24) is 20.4 Å². The van der Waals surface area contributed by atoms with E-state index in [0.717, 1.165) is 25.2 Å². The van der Waals surface area contributed by atoms with Gasteiger partial charge in [-0.1, -0.05) is 0 Å². The van der Waals surface area contributed by atoms with Crippen LogP contribution in [0.3, 0.4) is 0 Å². The quantitative estimate of drug-likeness (QED) is 0.874. The molecule has 1 saturated heterocycles. The predicted molar refractivity (Wildman–Crippen MR) is 97.7 cm³/mol. The van der Waals surface area contributed by atoms with Crippen LogP contribution in [-0.4, -0.2) is 40.1 Å². The van der Waals surface area contributed by atoms with Gasteiger partial charge in [0.1, 0.15) is 5.69 Å². The number of carbonyl (C=O) groups is 1. The lowest BCUT2D eigenvalue weighted by Gasteiger charge is -2.29. The van der Waals surface area contributed by atoms with Crippen LogP contribution in [0.1, 0.15) is 41.0 Å². The summed E-state index contributed by atoms with van der Waals surface area (Å²) in [6.45, 7) is 4.75. The third-order valence-electron chi connectivity index (χ3n) is 5.24. The van der Waals surface area contributed by atoms with Crippen LogP contribution in [0.15, 0.2) is 22.9 Å². The van der Waals surface area contributed by atoms with Crippen LogP contribution in [0, 0.1) is 12.3 Å². The molecule has 0 bridgehead atoms. The number of aromatic amines is 1. The minimum Gasteiger partial charge on any atom is -0.329 e. The van der Waals surface area contributed by atoms with Crippen molar-refractivity contribution < 1.29 is 4.79 Å². The van der Waals surface area contributed by atoms with Crippen molar-refractivity contribution in [3.8, 4) is 0 Å². The number of nitrogens with one attached hydrogen (secondary N) is 2. The van der Waals surface area contributed by atoms with Crippen molar-refractivity contribution in [3.05, 3.63) is 39.8 Å². The number of hydrogen-bond acceptors (Lipinski definition) is 4. The highest BCUT2D eigenvalue weighted by atomic mass is 35.5. The summed E-state index contributed by atoms with van der Waals surface area (Å²) in [5.74, 6) is 0.0564. The Morgan fingerprint density at radius 2 is 2.25 bits per heavy atom. The zero-order chi connectivity index (χ0) is 15.9. The molecule has 0 aromatic carbocycles. The summed E-state index contributed by atoms with van der Waals surface area (Å²) in [6, 6.07) is 4.31. The molecule has 1 saturated carbocycles. The normalized spacial score (nSPS) is 21.3. The maximum absolute atomic E-state index is 13.0. The number of hydrogen-bond donors (Lipinski definition) is 2. The second kappa shape index (κ2) is 6.86. The minimum absolute atomic E-state index is 0. The predicted octanol–water partition coefficient (Wildman–Crippen LogP) is 2.99. The number of rotatable bonds is 4. The summed E-state index contributed by atoms with van der Waals surface area (Å²) < 4.78 is 0. The zero-order valence-electron chi connectivity index (χ0n) is 13.7. The third-order valence-corrected chi connectivity index (χ3v) is 5.97. The molecule has 1 amide bonds. The second-order valence-electron chi connectivity index (χ2n) is 6.83. The van der Waals surface area contributed by atoms with Crippen molar-refractivity contribution in [2.75, 3.05) is 13.1 Å². The molecule has 2 fully saturated rings. The van der Waals surface area contributed by atoms with Crippen LogP contribution in [0.2, 0.25) is 0 Å². The van der Waals surface area contributed by atoms with Crippen molar-refractivity contribution in [2.45, 2.75) is 38.8 Å². The molecule has 1 atom stereocenters. The van der Waals surface area contributed by atoms with E-state index in [2.05, 4.69) is 37.2 Å². The molecule has 3 heterocycles. The molecule has 7 heteroatoms. The van der Waals surface area contributed by atoms with Gasteiger partial charge >= 0.3 is 0 Å². The molecule has 1 unspecified atom stereocenters. The van der Waals surface area contributed by atoms with Gasteiger partial charge < -0.3 is 10.2 Å². The Morgan fingerprint density at radius 3 is 2.88 bits per heavy atom. The third kappa shape index (κ3) is 3.23. The summed E-state index contributed by atoms with van der Waals surface area (Å²) in [7, 11) is 0. The fourth-order valence-electron chi connectivity index (χ4n) is 3.81. The molecule has 2 aromatic rings. The molecule has 1 aliphatic heterocycles. The average Bonchev–Trinajstić information content (AvgIpc) is 2.97. The van der Waals surface area contributed by atoms with Gasteiger partial charge in [0, 0.05) is 18.3 Å². The first kappa shape index (κ1) is 17.5. The molecule has 24 heavy (non-hydrogen) atoms. The van der Waals surface area contributed by atoms with Gasteiger partial charge in [-0.2, -0.15) is 16.4 Å². The van der Waals surface area contributed by atoms with Crippen LogP contribution in [0.4, 0.5) is 0 Å². The number of halogens is 1. The highest BCUT2D eigenvalue weighted by Gasteiger charge is 2.57. The Bertz CT molecular complexity index is 693. The molecular formula is C17H23ClN4OS. The highest BCUT2D eigenvalue weighted by molar-refractivity contribution is 7.07. The van der Waals surface area contributed by atoms with Crippen LogP contribution >= 0.6 is 23.7 Å². The van der Waals surface area contributed by atoms with Gasteiger partial charge in [-0.3, -0.25) is 9.89 Å². The second-order valence-corrected chi connectivity index (χ2v) is 7.61. The number of aryl methyl sites for hydroxylation is 1. The topological polar surface area (TPSA) is 61.0 Å². The number of amides is 1. The first-order valence-electron chi connectivity index (χ1n) is 8.23. The van der Waals surface area contributed by atoms with Gasteiger partial charge in [-0.25, -0.2) is 0 Å². The molecule has 2 N–H and O–H groups in total. The lowest BCUT2D eigenvalue weighted by atomic mass is 9.93. The number of aromatic nitrogens is 2. The van der Waals surface area contributed by atoms with Crippen molar-refractivity contribution in [2.24, 2.45) is 5.41 Å². The largest absolute Gasteiger partial charge is 0.329 e. The summed E-state index contributed by atoms with van der Waals surface area (Å²) in [4.78, 5) is 15.1. The Hall–Kier alpha value is -1.37. The van der Waals surface area contributed by atoms with E-state index in [1.165, 1.54) is 18.4 Å². The molecule has 2 aromatic heterocycles. The number of piperidine rings is 1. The highest BCUT2D eigenvalue weighted by Crippen LogP contribution is 2.56. The van der Waals surface area contributed by atoms with Crippen LogP contribution in [0.25, 0.3) is 0 Å². The van der Waals surface area contributed by atoms with Gasteiger partial charge in [0.25, 0.3) is 5.91 Å². The zero-order valence-corrected chi connectivity index (χ0v) is 15.4. The van der Waals surface area contributed by atoms with E-state index in [-0.39, 0.29) is 18.3 Å². The van der Waals surface area contributed by atoms with E-state index in [0.29, 0.717) is 23.7 Å². The summed E-state index contributed by atoms with van der Waals surface area (Å²) in [5.41, 5.74) is 3.01. The Morgan fingerprint density at radius 1 is 1.46 bits per heavy atom. The van der Waals surface area contributed by atoms with E-state index < -0.39 is 0 Å². The number of thiophene rings is 1. The maximum atomic E-state index is 13.0. The standard InChI is InChI=1S/C17H22N4OS.ClH/c1-12-8-14(20-19-12)16(22)21(10-13-2-7-23-11-13)15-9-17(15)3-5-18-6-4-17;/h2,7-8,11,15,18H,3-6,9-10H2,1H3,(H,19,20);1H. The smallest absolute Gasteiger partial charge is 0.274 e. The molecular weight excluding hydrogens is 344 g/mol. The summed E-state index contributed by atoms with van der Waals surface area (Å²) in [5, 5.41) is 14.7. The van der Waals surface area contributed by atoms with Crippen molar-refractivity contribution >= 4 is 29.7 Å². The number of nitrogens with zero attached hydrogens (tertiary/aromatic N) is 2. The summed E-state index contributed by atoms with van der Waals surface area (Å²) in [6.07, 6.45) is 3.48. The van der Waals surface area contributed by atoms with Crippen LogP contribution in [-0.2, 0) is 6.54 Å². The van der Waals surface area contributed by atoms with Gasteiger partial charge in [0.15, 0.2) is 0 Å². The lowest BCUT2D eigenvalue weighted by Crippen LogP contribution is -2.39. The molecule has 1 spiro atoms. The van der Waals surface area contributed by atoms with E-state index >= 15 is 0 Å². The Kier molecular flexibility index (Phi) is 4.99. The van der Waals surface area contributed by atoms with Gasteiger partial charge in [-0.15, -0.1) is 12.4 Å². The van der Waals surface area contributed by atoms with E-state index in [4.69, 9.17) is 0 Å². The SMILES string of the molecule is Cc1cc(C(=O)N(Cc2ccsc2)C2CC23CCNCC3)n[nH]1.Cl. The van der Waals surface area contributed by atoms with Crippen molar-refractivity contribution in [1.29, 1.82) is 0 Å².